The van der Waals surface area contributed by atoms with E-state index in [2.05, 4.69) is 5.32 Å². The van der Waals surface area contributed by atoms with E-state index in [-0.39, 0.29) is 10.8 Å². The Morgan fingerprint density at radius 2 is 1.84 bits per heavy atom. The van der Waals surface area contributed by atoms with Gasteiger partial charge in [0.2, 0.25) is 5.91 Å². The number of amides is 1. The normalized spacial score (nSPS) is 14.7. The topological polar surface area (TPSA) is 104 Å². The standard InChI is InChI=1S/C12H17NO5S/c1-8(15)13-11(7-14)12(16)9-3-5-10(6-4-9)19(2,17)18/h3-6,11-12,14,16H,7H2,1-2H3,(H,13,15). The summed E-state index contributed by atoms with van der Waals surface area (Å²) in [6, 6.07) is 4.81. The van der Waals surface area contributed by atoms with E-state index in [1.165, 1.54) is 31.2 Å². The molecule has 6 nitrogen and oxygen atoms in total. The van der Waals surface area contributed by atoms with Crippen molar-refractivity contribution in [3.63, 3.8) is 0 Å². The number of hydrogen-bond donors (Lipinski definition) is 3. The van der Waals surface area contributed by atoms with E-state index in [1.54, 1.807) is 0 Å². The number of benzene rings is 1. The Hall–Kier alpha value is -1.44. The first-order valence-electron chi connectivity index (χ1n) is 5.61. The third kappa shape index (κ3) is 4.30. The van der Waals surface area contributed by atoms with Gasteiger partial charge in [0.05, 0.1) is 17.5 Å². The van der Waals surface area contributed by atoms with E-state index in [9.17, 15) is 18.3 Å². The molecule has 2 unspecified atom stereocenters. The molecule has 0 spiro atoms. The molecule has 19 heavy (non-hydrogen) atoms. The average Bonchev–Trinajstić information content (AvgIpc) is 2.34. The van der Waals surface area contributed by atoms with Crippen LogP contribution in [0.3, 0.4) is 0 Å². The number of carbonyl (C=O) groups excluding carboxylic acids is 1. The van der Waals surface area contributed by atoms with Crippen molar-refractivity contribution < 1.29 is 23.4 Å². The lowest BCUT2D eigenvalue weighted by Gasteiger charge is -2.22. The monoisotopic (exact) mass is 287 g/mol. The van der Waals surface area contributed by atoms with Crippen molar-refractivity contribution >= 4 is 15.7 Å². The molecule has 3 N–H and O–H groups in total. The van der Waals surface area contributed by atoms with Crippen molar-refractivity contribution in [2.45, 2.75) is 24.0 Å². The highest BCUT2D eigenvalue weighted by molar-refractivity contribution is 7.90. The second kappa shape index (κ2) is 6.14. The zero-order valence-corrected chi connectivity index (χ0v) is 11.5. The number of hydrogen-bond acceptors (Lipinski definition) is 5. The minimum absolute atomic E-state index is 0.142. The van der Waals surface area contributed by atoms with Gasteiger partial charge in [-0.05, 0) is 17.7 Å². The smallest absolute Gasteiger partial charge is 0.217 e. The van der Waals surface area contributed by atoms with Crippen LogP contribution < -0.4 is 5.32 Å². The Morgan fingerprint density at radius 3 is 2.21 bits per heavy atom. The Morgan fingerprint density at radius 1 is 1.32 bits per heavy atom. The summed E-state index contributed by atoms with van der Waals surface area (Å²) in [5.41, 5.74) is 0.417. The maximum atomic E-state index is 11.3. The largest absolute Gasteiger partial charge is 0.394 e. The molecule has 0 bridgehead atoms. The van der Waals surface area contributed by atoms with Crippen molar-refractivity contribution in [3.05, 3.63) is 29.8 Å². The van der Waals surface area contributed by atoms with Gasteiger partial charge in [-0.15, -0.1) is 0 Å². The van der Waals surface area contributed by atoms with E-state index >= 15 is 0 Å². The van der Waals surface area contributed by atoms with E-state index in [0.29, 0.717) is 5.56 Å². The lowest BCUT2D eigenvalue weighted by molar-refractivity contribution is -0.121. The first-order chi connectivity index (χ1) is 8.75. The summed E-state index contributed by atoms with van der Waals surface area (Å²) >= 11 is 0. The van der Waals surface area contributed by atoms with Gasteiger partial charge < -0.3 is 15.5 Å². The first kappa shape index (κ1) is 15.6. The summed E-state index contributed by atoms with van der Waals surface area (Å²) in [4.78, 5) is 11.1. The third-order valence-electron chi connectivity index (χ3n) is 2.62. The van der Waals surface area contributed by atoms with Gasteiger partial charge in [-0.3, -0.25) is 4.79 Å². The predicted molar refractivity (Wildman–Crippen MR) is 69.2 cm³/mol. The third-order valence-corrected chi connectivity index (χ3v) is 3.74. The fourth-order valence-corrected chi connectivity index (χ4v) is 2.26. The van der Waals surface area contributed by atoms with Crippen LogP contribution in [0.5, 0.6) is 0 Å². The van der Waals surface area contributed by atoms with E-state index in [4.69, 9.17) is 5.11 Å². The van der Waals surface area contributed by atoms with Crippen molar-refractivity contribution in [2.24, 2.45) is 0 Å². The molecule has 0 fully saturated rings. The average molecular weight is 287 g/mol. The first-order valence-corrected chi connectivity index (χ1v) is 7.51. The Kier molecular flexibility index (Phi) is 5.04. The fourth-order valence-electron chi connectivity index (χ4n) is 1.63. The molecule has 1 aromatic rings. The number of aliphatic hydroxyl groups excluding tert-OH is 2. The maximum Gasteiger partial charge on any atom is 0.217 e. The lowest BCUT2D eigenvalue weighted by Crippen LogP contribution is -2.40. The van der Waals surface area contributed by atoms with Crippen molar-refractivity contribution in [3.8, 4) is 0 Å². The summed E-state index contributed by atoms with van der Waals surface area (Å²) in [6.45, 7) is 0.858. The molecule has 0 saturated carbocycles. The summed E-state index contributed by atoms with van der Waals surface area (Å²) in [5.74, 6) is -0.370. The van der Waals surface area contributed by atoms with Gasteiger partial charge in [0, 0.05) is 13.2 Å². The summed E-state index contributed by atoms with van der Waals surface area (Å²) < 4.78 is 22.6. The molecular weight excluding hydrogens is 270 g/mol. The molecule has 7 heteroatoms. The number of nitrogens with one attached hydrogen (secondary N) is 1. The van der Waals surface area contributed by atoms with Crippen LogP contribution in [0.4, 0.5) is 0 Å². The van der Waals surface area contributed by atoms with Gasteiger partial charge in [0.1, 0.15) is 6.10 Å². The van der Waals surface area contributed by atoms with Crippen LogP contribution >= 0.6 is 0 Å². The van der Waals surface area contributed by atoms with Gasteiger partial charge in [-0.1, -0.05) is 12.1 Å². The summed E-state index contributed by atoms with van der Waals surface area (Å²) in [5, 5.41) is 21.5. The van der Waals surface area contributed by atoms with Crippen molar-refractivity contribution in [1.82, 2.24) is 5.32 Å². The van der Waals surface area contributed by atoms with Crippen LogP contribution in [0.25, 0.3) is 0 Å². The molecule has 0 aromatic heterocycles. The highest BCUT2D eigenvalue weighted by Gasteiger charge is 2.21. The van der Waals surface area contributed by atoms with Gasteiger partial charge in [-0.2, -0.15) is 0 Å². The molecule has 1 rings (SSSR count). The van der Waals surface area contributed by atoms with Crippen LogP contribution in [0.1, 0.15) is 18.6 Å². The molecule has 0 aliphatic carbocycles. The minimum Gasteiger partial charge on any atom is -0.394 e. The number of rotatable bonds is 5. The van der Waals surface area contributed by atoms with E-state index in [0.717, 1.165) is 6.26 Å². The molecule has 106 valence electrons. The zero-order valence-electron chi connectivity index (χ0n) is 10.7. The minimum atomic E-state index is -3.29. The zero-order chi connectivity index (χ0) is 14.6. The van der Waals surface area contributed by atoms with E-state index in [1.807, 2.05) is 0 Å². The fraction of sp³-hybridized carbons (Fsp3) is 0.417. The molecule has 0 aliphatic rings. The molecular formula is C12H17NO5S. The van der Waals surface area contributed by atoms with Crippen LogP contribution in [-0.2, 0) is 14.6 Å². The molecule has 0 saturated heterocycles. The number of aliphatic hydroxyl groups is 2. The van der Waals surface area contributed by atoms with Gasteiger partial charge >= 0.3 is 0 Å². The summed E-state index contributed by atoms with van der Waals surface area (Å²) in [6.07, 6.45) is -0.0192. The maximum absolute atomic E-state index is 11.3. The number of carbonyl (C=O) groups is 1. The quantitative estimate of drug-likeness (QED) is 0.685. The molecule has 1 aromatic carbocycles. The molecule has 1 amide bonds. The lowest BCUT2D eigenvalue weighted by atomic mass is 10.0. The second-order valence-electron chi connectivity index (χ2n) is 4.28. The van der Waals surface area contributed by atoms with Crippen LogP contribution in [0.2, 0.25) is 0 Å². The van der Waals surface area contributed by atoms with Crippen LogP contribution in [0.15, 0.2) is 29.2 Å². The van der Waals surface area contributed by atoms with Gasteiger partial charge in [-0.25, -0.2) is 8.42 Å². The Balaban J connectivity index is 2.93. The SMILES string of the molecule is CC(=O)NC(CO)C(O)c1ccc(S(C)(=O)=O)cc1. The highest BCUT2D eigenvalue weighted by Crippen LogP contribution is 2.19. The van der Waals surface area contributed by atoms with Gasteiger partial charge in [0.25, 0.3) is 0 Å². The van der Waals surface area contributed by atoms with Crippen molar-refractivity contribution in [1.29, 1.82) is 0 Å². The Bertz CT molecular complexity index is 538. The Labute approximate surface area is 112 Å². The van der Waals surface area contributed by atoms with Gasteiger partial charge in [0.15, 0.2) is 9.84 Å². The van der Waals surface area contributed by atoms with Crippen LogP contribution in [0, 0.1) is 0 Å². The molecule has 0 aliphatic heterocycles. The van der Waals surface area contributed by atoms with E-state index < -0.39 is 28.6 Å². The summed E-state index contributed by atoms with van der Waals surface area (Å²) in [7, 11) is -3.29. The number of sulfone groups is 1. The second-order valence-corrected chi connectivity index (χ2v) is 6.29. The molecule has 0 heterocycles. The highest BCUT2D eigenvalue weighted by atomic mass is 32.2. The molecule has 0 radical (unpaired) electrons. The van der Waals surface area contributed by atoms with Crippen LogP contribution in [-0.4, -0.2) is 43.4 Å². The van der Waals surface area contributed by atoms with Crippen molar-refractivity contribution in [2.75, 3.05) is 12.9 Å². The molecule has 2 atom stereocenters. The predicted octanol–water partition coefficient (Wildman–Crippen LogP) is -0.380.